The van der Waals surface area contributed by atoms with E-state index in [0.717, 1.165) is 17.7 Å². The molecule has 3 nitrogen and oxygen atoms in total. The van der Waals surface area contributed by atoms with Crippen LogP contribution in [0.15, 0.2) is 18.2 Å². The van der Waals surface area contributed by atoms with E-state index in [2.05, 4.69) is 22.0 Å². The Morgan fingerprint density at radius 3 is 2.81 bits per heavy atom. The van der Waals surface area contributed by atoms with Gasteiger partial charge in [-0.1, -0.05) is 22.0 Å². The highest BCUT2D eigenvalue weighted by Gasteiger charge is 2.50. The van der Waals surface area contributed by atoms with Gasteiger partial charge >= 0.3 is 0 Å². The lowest BCUT2D eigenvalue weighted by atomic mass is 10.1. The predicted octanol–water partition coefficient (Wildman–Crippen LogP) is 2.21. The zero-order valence-electron chi connectivity index (χ0n) is 9.03. The molecule has 1 heterocycles. The van der Waals surface area contributed by atoms with E-state index in [1.54, 1.807) is 7.11 Å². The third kappa shape index (κ3) is 1.33. The van der Waals surface area contributed by atoms with Gasteiger partial charge < -0.3 is 14.2 Å². The average molecular weight is 285 g/mol. The molecule has 1 aliphatic heterocycles. The van der Waals surface area contributed by atoms with E-state index < -0.39 is 5.79 Å². The Bertz CT molecular complexity index is 413. The molecule has 1 saturated heterocycles. The van der Waals surface area contributed by atoms with Gasteiger partial charge in [0.05, 0.1) is 25.2 Å². The first kappa shape index (κ1) is 10.6. The fourth-order valence-corrected chi connectivity index (χ4v) is 3.31. The summed E-state index contributed by atoms with van der Waals surface area (Å²) in [4.78, 5) is 0.185. The van der Waals surface area contributed by atoms with Crippen LogP contribution in [0.5, 0.6) is 5.75 Å². The van der Waals surface area contributed by atoms with Gasteiger partial charge in [0, 0.05) is 5.56 Å². The lowest BCUT2D eigenvalue weighted by Gasteiger charge is -2.26. The molecule has 0 aromatic heterocycles. The summed E-state index contributed by atoms with van der Waals surface area (Å²) in [5, 5.41) is 0. The molecule has 1 unspecified atom stereocenters. The summed E-state index contributed by atoms with van der Waals surface area (Å²) < 4.78 is 16.9. The Kier molecular flexibility index (Phi) is 2.46. The minimum Gasteiger partial charge on any atom is -0.497 e. The van der Waals surface area contributed by atoms with Crippen LogP contribution in [0.4, 0.5) is 0 Å². The number of alkyl halides is 1. The number of methoxy groups -OCH3 is 1. The highest BCUT2D eigenvalue weighted by Crippen LogP contribution is 2.47. The van der Waals surface area contributed by atoms with Crippen molar-refractivity contribution in [2.75, 3.05) is 20.3 Å². The van der Waals surface area contributed by atoms with Crippen molar-refractivity contribution < 1.29 is 14.2 Å². The molecule has 0 radical (unpaired) electrons. The molecule has 1 aromatic carbocycles. The van der Waals surface area contributed by atoms with Crippen molar-refractivity contribution in [2.45, 2.75) is 17.0 Å². The van der Waals surface area contributed by atoms with Crippen molar-refractivity contribution in [3.8, 4) is 5.75 Å². The van der Waals surface area contributed by atoms with E-state index >= 15 is 0 Å². The lowest BCUT2D eigenvalue weighted by molar-refractivity contribution is -0.157. The van der Waals surface area contributed by atoms with E-state index in [0.29, 0.717) is 13.2 Å². The molecule has 0 bridgehead atoms. The molecule has 1 aromatic rings. The van der Waals surface area contributed by atoms with Gasteiger partial charge in [-0.15, -0.1) is 0 Å². The van der Waals surface area contributed by atoms with E-state index in [1.165, 1.54) is 5.56 Å². The summed E-state index contributed by atoms with van der Waals surface area (Å²) in [5.74, 6) is 0.253. The molecule has 16 heavy (non-hydrogen) atoms. The summed E-state index contributed by atoms with van der Waals surface area (Å²) in [6.07, 6.45) is 0.930. The first-order chi connectivity index (χ1) is 7.76. The molecule has 4 heteroatoms. The van der Waals surface area contributed by atoms with Crippen molar-refractivity contribution in [3.63, 3.8) is 0 Å². The normalized spacial score (nSPS) is 26.0. The van der Waals surface area contributed by atoms with Gasteiger partial charge in [0.15, 0.2) is 0 Å². The largest absolute Gasteiger partial charge is 0.497 e. The van der Waals surface area contributed by atoms with Crippen molar-refractivity contribution in [3.05, 3.63) is 29.3 Å². The smallest absolute Gasteiger partial charge is 0.208 e. The number of hydrogen-bond acceptors (Lipinski definition) is 3. The van der Waals surface area contributed by atoms with Crippen LogP contribution in [0.25, 0.3) is 0 Å². The quantitative estimate of drug-likeness (QED) is 0.740. The van der Waals surface area contributed by atoms with Gasteiger partial charge in [0.2, 0.25) is 5.79 Å². The monoisotopic (exact) mass is 284 g/mol. The molecular formula is C12H13BrO3. The van der Waals surface area contributed by atoms with Crippen LogP contribution in [0.1, 0.15) is 11.1 Å². The van der Waals surface area contributed by atoms with Crippen LogP contribution in [0, 0.1) is 0 Å². The van der Waals surface area contributed by atoms with Gasteiger partial charge in [-0.05, 0) is 24.1 Å². The maximum Gasteiger partial charge on any atom is 0.208 e. The summed E-state index contributed by atoms with van der Waals surface area (Å²) in [6.45, 7) is 1.30. The van der Waals surface area contributed by atoms with Gasteiger partial charge in [-0.25, -0.2) is 0 Å². The van der Waals surface area contributed by atoms with Crippen molar-refractivity contribution >= 4 is 15.9 Å². The fourth-order valence-electron chi connectivity index (χ4n) is 2.45. The van der Waals surface area contributed by atoms with Crippen molar-refractivity contribution in [1.29, 1.82) is 0 Å². The fraction of sp³-hybridized carbons (Fsp3) is 0.500. The third-order valence-corrected chi connectivity index (χ3v) is 4.15. The van der Waals surface area contributed by atoms with E-state index in [-0.39, 0.29) is 4.83 Å². The highest BCUT2D eigenvalue weighted by molar-refractivity contribution is 9.09. The zero-order chi connectivity index (χ0) is 11.2. The second kappa shape index (κ2) is 3.72. The Balaban J connectivity index is 2.10. The van der Waals surface area contributed by atoms with Crippen molar-refractivity contribution in [2.24, 2.45) is 0 Å². The maximum absolute atomic E-state index is 5.81. The number of rotatable bonds is 1. The molecule has 1 aliphatic carbocycles. The SMILES string of the molecule is COc1ccc2c(c1)C1(OCCO1)C(Br)C2. The van der Waals surface area contributed by atoms with Gasteiger partial charge in [0.1, 0.15) is 5.75 Å². The third-order valence-electron chi connectivity index (χ3n) is 3.22. The van der Waals surface area contributed by atoms with E-state index in [1.807, 2.05) is 12.1 Å². The van der Waals surface area contributed by atoms with E-state index in [4.69, 9.17) is 14.2 Å². The average Bonchev–Trinajstić information content (AvgIpc) is 2.88. The molecule has 3 rings (SSSR count). The van der Waals surface area contributed by atoms with Crippen LogP contribution in [0.2, 0.25) is 0 Å². The second-order valence-corrected chi connectivity index (χ2v) is 5.16. The Morgan fingerprint density at radius 2 is 2.12 bits per heavy atom. The molecule has 2 aliphatic rings. The topological polar surface area (TPSA) is 27.7 Å². The summed E-state index contributed by atoms with van der Waals surface area (Å²) in [6, 6.07) is 6.08. The highest BCUT2D eigenvalue weighted by atomic mass is 79.9. The summed E-state index contributed by atoms with van der Waals surface area (Å²) in [7, 11) is 1.67. The second-order valence-electron chi connectivity index (χ2n) is 4.06. The van der Waals surface area contributed by atoms with Crippen LogP contribution >= 0.6 is 15.9 Å². The molecular weight excluding hydrogens is 272 g/mol. The number of halogens is 1. The van der Waals surface area contributed by atoms with Crippen molar-refractivity contribution in [1.82, 2.24) is 0 Å². The van der Waals surface area contributed by atoms with Crippen LogP contribution in [0.3, 0.4) is 0 Å². The molecule has 1 atom stereocenters. The number of benzene rings is 1. The molecule has 86 valence electrons. The lowest BCUT2D eigenvalue weighted by Crippen LogP contribution is -2.33. The Hall–Kier alpha value is -0.580. The van der Waals surface area contributed by atoms with Crippen LogP contribution < -0.4 is 4.74 Å². The maximum atomic E-state index is 5.81. The van der Waals surface area contributed by atoms with Gasteiger partial charge in [-0.3, -0.25) is 0 Å². The Morgan fingerprint density at radius 1 is 1.38 bits per heavy atom. The van der Waals surface area contributed by atoms with E-state index in [9.17, 15) is 0 Å². The molecule has 0 N–H and O–H groups in total. The molecule has 0 saturated carbocycles. The molecule has 0 amide bonds. The first-order valence-corrected chi connectivity index (χ1v) is 6.27. The zero-order valence-corrected chi connectivity index (χ0v) is 10.6. The minimum absolute atomic E-state index is 0.185. The number of ether oxygens (including phenoxy) is 3. The van der Waals surface area contributed by atoms with Gasteiger partial charge in [-0.2, -0.15) is 0 Å². The predicted molar refractivity (Wildman–Crippen MR) is 63.0 cm³/mol. The van der Waals surface area contributed by atoms with Crippen LogP contribution in [-0.2, 0) is 21.7 Å². The molecule has 1 fully saturated rings. The van der Waals surface area contributed by atoms with Gasteiger partial charge in [0.25, 0.3) is 0 Å². The minimum atomic E-state index is -0.593. The van der Waals surface area contributed by atoms with Crippen LogP contribution in [-0.4, -0.2) is 25.2 Å². The Labute approximate surface area is 103 Å². The summed E-state index contributed by atoms with van der Waals surface area (Å²) in [5.41, 5.74) is 2.37. The summed E-state index contributed by atoms with van der Waals surface area (Å²) >= 11 is 3.66. The number of hydrogen-bond donors (Lipinski definition) is 0. The number of fused-ring (bicyclic) bond motifs is 2. The standard InChI is InChI=1S/C12H13BrO3/c1-14-9-3-2-8-6-11(13)12(10(8)7-9)15-4-5-16-12/h2-3,7,11H,4-6H2,1H3. The first-order valence-electron chi connectivity index (χ1n) is 5.35. The molecule has 1 spiro atoms.